The second-order valence-corrected chi connectivity index (χ2v) is 6.29. The van der Waals surface area contributed by atoms with Crippen molar-refractivity contribution in [2.75, 3.05) is 6.61 Å². The van der Waals surface area contributed by atoms with Crippen molar-refractivity contribution in [2.45, 2.75) is 11.8 Å². The van der Waals surface area contributed by atoms with Crippen molar-refractivity contribution in [2.24, 2.45) is 5.10 Å². The van der Waals surface area contributed by atoms with Gasteiger partial charge >= 0.3 is 0 Å². The van der Waals surface area contributed by atoms with Gasteiger partial charge in [0.25, 0.3) is 10.0 Å². The van der Waals surface area contributed by atoms with E-state index in [2.05, 4.69) is 5.10 Å². The second-order valence-electron chi connectivity index (χ2n) is 4.63. The van der Waals surface area contributed by atoms with E-state index in [0.29, 0.717) is 12.4 Å². The van der Waals surface area contributed by atoms with Gasteiger partial charge in [-0.05, 0) is 31.2 Å². The molecule has 2 aromatic carbocycles. The van der Waals surface area contributed by atoms with Gasteiger partial charge in [0, 0.05) is 11.1 Å². The standard InChI is InChI=1S/C16H16N2O5S/c1-2-23-13-7-9-14(10-8-13)24(21,22)18-17-11-12-5-3-4-6-15(12)16(19)20/h3-11,18H,2H2,1H3,(H,19,20)/p-1/b17-11-. The van der Waals surface area contributed by atoms with Crippen LogP contribution < -0.4 is 14.7 Å². The zero-order valence-corrected chi connectivity index (χ0v) is 13.6. The highest BCUT2D eigenvalue weighted by molar-refractivity contribution is 7.89. The van der Waals surface area contributed by atoms with Crippen LogP contribution in [0.4, 0.5) is 0 Å². The molecule has 0 amide bonds. The predicted molar refractivity (Wildman–Crippen MR) is 86.3 cm³/mol. The molecule has 126 valence electrons. The number of hydrogen-bond acceptors (Lipinski definition) is 6. The number of ether oxygens (including phenoxy) is 1. The normalized spacial score (nSPS) is 11.4. The van der Waals surface area contributed by atoms with Gasteiger partial charge in [0.05, 0.1) is 23.7 Å². The number of aromatic carboxylic acids is 1. The van der Waals surface area contributed by atoms with Crippen molar-refractivity contribution in [3.8, 4) is 5.75 Å². The molecule has 24 heavy (non-hydrogen) atoms. The van der Waals surface area contributed by atoms with Crippen LogP contribution in [0.25, 0.3) is 0 Å². The van der Waals surface area contributed by atoms with Gasteiger partial charge in [0.1, 0.15) is 5.75 Å². The molecule has 0 aromatic heterocycles. The van der Waals surface area contributed by atoms with E-state index in [1.807, 2.05) is 11.8 Å². The lowest BCUT2D eigenvalue weighted by Crippen LogP contribution is -2.24. The van der Waals surface area contributed by atoms with Crippen LogP contribution in [0, 0.1) is 0 Å². The van der Waals surface area contributed by atoms with Gasteiger partial charge in [0.2, 0.25) is 0 Å². The summed E-state index contributed by atoms with van der Waals surface area (Å²) in [5.74, 6) is -0.811. The minimum absolute atomic E-state index is 0.0105. The third kappa shape index (κ3) is 4.32. The molecule has 0 unspecified atom stereocenters. The first-order chi connectivity index (χ1) is 11.4. The van der Waals surface area contributed by atoms with Crippen LogP contribution in [0.15, 0.2) is 58.5 Å². The molecule has 0 aliphatic carbocycles. The number of carbonyl (C=O) groups excluding carboxylic acids is 1. The highest BCUT2D eigenvalue weighted by Gasteiger charge is 2.12. The Morgan fingerprint density at radius 1 is 1.21 bits per heavy atom. The summed E-state index contributed by atoms with van der Waals surface area (Å²) in [4.78, 5) is 13.0. The number of hydrogen-bond donors (Lipinski definition) is 1. The van der Waals surface area contributed by atoms with Crippen LogP contribution >= 0.6 is 0 Å². The number of nitrogens with one attached hydrogen (secondary N) is 1. The van der Waals surface area contributed by atoms with Gasteiger partial charge in [-0.3, -0.25) is 0 Å². The van der Waals surface area contributed by atoms with Crippen LogP contribution in [0.2, 0.25) is 0 Å². The molecular formula is C16H15N2O5S-. The van der Waals surface area contributed by atoms with Crippen LogP contribution in [-0.2, 0) is 10.0 Å². The van der Waals surface area contributed by atoms with Crippen LogP contribution in [0.3, 0.4) is 0 Å². The highest BCUT2D eigenvalue weighted by atomic mass is 32.2. The van der Waals surface area contributed by atoms with Crippen molar-refractivity contribution < 1.29 is 23.1 Å². The molecule has 2 rings (SSSR count). The van der Waals surface area contributed by atoms with E-state index in [4.69, 9.17) is 4.74 Å². The first-order valence-electron chi connectivity index (χ1n) is 7.02. The van der Waals surface area contributed by atoms with E-state index < -0.39 is 16.0 Å². The number of sulfonamides is 1. The van der Waals surface area contributed by atoms with Crippen molar-refractivity contribution in [3.05, 3.63) is 59.7 Å². The molecule has 0 saturated carbocycles. The lowest BCUT2D eigenvalue weighted by Gasteiger charge is -2.07. The van der Waals surface area contributed by atoms with E-state index in [1.54, 1.807) is 6.07 Å². The maximum Gasteiger partial charge on any atom is 0.276 e. The number of hydrazone groups is 1. The summed E-state index contributed by atoms with van der Waals surface area (Å²) in [5.41, 5.74) is 0.147. The van der Waals surface area contributed by atoms with Crippen LogP contribution in [0.5, 0.6) is 5.75 Å². The van der Waals surface area contributed by atoms with Gasteiger partial charge in [-0.15, -0.1) is 0 Å². The molecule has 0 saturated heterocycles. The topological polar surface area (TPSA) is 108 Å². The molecule has 0 fully saturated rings. The average Bonchev–Trinajstić information content (AvgIpc) is 2.56. The number of rotatable bonds is 7. The van der Waals surface area contributed by atoms with Crippen molar-refractivity contribution in [1.82, 2.24) is 4.83 Å². The lowest BCUT2D eigenvalue weighted by molar-refractivity contribution is -0.255. The fourth-order valence-corrected chi connectivity index (χ4v) is 2.69. The first kappa shape index (κ1) is 17.5. The maximum atomic E-state index is 12.1. The summed E-state index contributed by atoms with van der Waals surface area (Å²) in [6.45, 7) is 2.30. The fraction of sp³-hybridized carbons (Fsp3) is 0.125. The number of carboxylic acids is 1. The monoisotopic (exact) mass is 347 g/mol. The molecule has 0 radical (unpaired) electrons. The maximum absolute atomic E-state index is 12.1. The Morgan fingerprint density at radius 3 is 2.50 bits per heavy atom. The number of carbonyl (C=O) groups is 1. The molecule has 0 aliphatic rings. The molecule has 1 N–H and O–H groups in total. The summed E-state index contributed by atoms with van der Waals surface area (Å²) in [5, 5.41) is 14.6. The molecule has 0 bridgehead atoms. The van der Waals surface area contributed by atoms with Gasteiger partial charge in [-0.1, -0.05) is 24.3 Å². The molecule has 8 heteroatoms. The minimum atomic E-state index is -3.86. The average molecular weight is 347 g/mol. The van der Waals surface area contributed by atoms with Crippen LogP contribution in [0.1, 0.15) is 22.8 Å². The molecular weight excluding hydrogens is 332 g/mol. The quantitative estimate of drug-likeness (QED) is 0.588. The minimum Gasteiger partial charge on any atom is -0.545 e. The molecule has 7 nitrogen and oxygen atoms in total. The second kappa shape index (κ2) is 7.60. The summed E-state index contributed by atoms with van der Waals surface area (Å²) >= 11 is 0. The molecule has 0 heterocycles. The number of nitrogens with zero attached hydrogens (tertiary/aromatic N) is 1. The highest BCUT2D eigenvalue weighted by Crippen LogP contribution is 2.15. The fourth-order valence-electron chi connectivity index (χ4n) is 1.90. The van der Waals surface area contributed by atoms with Gasteiger partial charge < -0.3 is 14.6 Å². The van der Waals surface area contributed by atoms with Gasteiger partial charge in [0.15, 0.2) is 0 Å². The lowest BCUT2D eigenvalue weighted by atomic mass is 10.1. The molecule has 0 atom stereocenters. The Labute approximate surface area is 139 Å². The Bertz CT molecular complexity index is 845. The molecule has 0 spiro atoms. The first-order valence-corrected chi connectivity index (χ1v) is 8.50. The Kier molecular flexibility index (Phi) is 5.54. The van der Waals surface area contributed by atoms with Crippen LogP contribution in [-0.4, -0.2) is 27.2 Å². The largest absolute Gasteiger partial charge is 0.545 e. The molecule has 2 aromatic rings. The van der Waals surface area contributed by atoms with E-state index in [-0.39, 0.29) is 16.0 Å². The Hall–Kier alpha value is -2.87. The summed E-state index contributed by atoms with van der Waals surface area (Å²) in [7, 11) is -3.86. The zero-order chi connectivity index (χ0) is 17.6. The van der Waals surface area contributed by atoms with E-state index in [1.165, 1.54) is 42.5 Å². The van der Waals surface area contributed by atoms with Gasteiger partial charge in [-0.2, -0.15) is 13.5 Å². The third-order valence-corrected chi connectivity index (χ3v) is 4.24. The SMILES string of the molecule is CCOc1ccc(S(=O)(=O)N/N=C\c2ccccc2C(=O)[O-])cc1. The Balaban J connectivity index is 2.14. The van der Waals surface area contributed by atoms with Crippen molar-refractivity contribution >= 4 is 22.2 Å². The van der Waals surface area contributed by atoms with Gasteiger partial charge in [-0.25, -0.2) is 4.83 Å². The Morgan fingerprint density at radius 2 is 1.88 bits per heavy atom. The van der Waals surface area contributed by atoms with E-state index in [0.717, 1.165) is 6.21 Å². The number of carboxylic acid groups (broad SMARTS) is 1. The third-order valence-electron chi connectivity index (χ3n) is 3.00. The van der Waals surface area contributed by atoms with Crippen molar-refractivity contribution in [1.29, 1.82) is 0 Å². The number of benzene rings is 2. The predicted octanol–water partition coefficient (Wildman–Crippen LogP) is 0.761. The summed E-state index contributed by atoms with van der Waals surface area (Å²) < 4.78 is 29.5. The molecule has 0 aliphatic heterocycles. The smallest absolute Gasteiger partial charge is 0.276 e. The van der Waals surface area contributed by atoms with Crippen molar-refractivity contribution in [3.63, 3.8) is 0 Å². The zero-order valence-electron chi connectivity index (χ0n) is 12.8. The summed E-state index contributed by atoms with van der Waals surface area (Å²) in [6.07, 6.45) is 1.11. The van der Waals surface area contributed by atoms with E-state index in [9.17, 15) is 18.3 Å². The summed E-state index contributed by atoms with van der Waals surface area (Å²) in [6, 6.07) is 11.8. The van der Waals surface area contributed by atoms with E-state index >= 15 is 0 Å².